The number of benzene rings is 1. The summed E-state index contributed by atoms with van der Waals surface area (Å²) in [4.78, 5) is 0.490. The van der Waals surface area contributed by atoms with Crippen molar-refractivity contribution in [1.29, 1.82) is 0 Å². The van der Waals surface area contributed by atoms with Gasteiger partial charge in [-0.2, -0.15) is 0 Å². The van der Waals surface area contributed by atoms with Crippen molar-refractivity contribution in [1.82, 2.24) is 0 Å². The van der Waals surface area contributed by atoms with E-state index >= 15 is 0 Å². The van der Waals surface area contributed by atoms with E-state index < -0.39 is 9.84 Å². The average molecular weight is 211 g/mol. The van der Waals surface area contributed by atoms with Crippen molar-refractivity contribution in [2.24, 2.45) is 0 Å². The molecule has 0 atom stereocenters. The van der Waals surface area contributed by atoms with Gasteiger partial charge in [0.25, 0.3) is 0 Å². The number of hydrogen-bond acceptors (Lipinski definition) is 3. The first-order chi connectivity index (χ1) is 6.52. The number of aryl methyl sites for hydroxylation is 2. The van der Waals surface area contributed by atoms with Crippen LogP contribution in [0.5, 0.6) is 0 Å². The van der Waals surface area contributed by atoms with Gasteiger partial charge in [-0.1, -0.05) is 12.1 Å². The lowest BCUT2D eigenvalue weighted by atomic mass is 10.1. The number of nitrogens with one attached hydrogen (secondary N) is 1. The van der Waals surface area contributed by atoms with Gasteiger partial charge in [-0.15, -0.1) is 0 Å². The molecule has 0 unspecified atom stereocenters. The Balaban J connectivity index is 2.81. The van der Waals surface area contributed by atoms with E-state index in [4.69, 9.17) is 0 Å². The van der Waals surface area contributed by atoms with Crippen LogP contribution >= 0.6 is 0 Å². The number of sulfone groups is 1. The average Bonchev–Trinajstić information content (AvgIpc) is 2.10. The molecule has 1 aliphatic heterocycles. The van der Waals surface area contributed by atoms with E-state index in [1.807, 2.05) is 26.0 Å². The third-order valence-electron chi connectivity index (χ3n) is 2.55. The molecule has 0 radical (unpaired) electrons. The topological polar surface area (TPSA) is 46.2 Å². The highest BCUT2D eigenvalue weighted by atomic mass is 32.2. The second-order valence-electron chi connectivity index (χ2n) is 3.65. The summed E-state index contributed by atoms with van der Waals surface area (Å²) in [6.07, 6.45) is 0. The fourth-order valence-corrected chi connectivity index (χ4v) is 3.50. The van der Waals surface area contributed by atoms with E-state index in [2.05, 4.69) is 5.32 Å². The second-order valence-corrected chi connectivity index (χ2v) is 5.70. The molecule has 4 heteroatoms. The van der Waals surface area contributed by atoms with Gasteiger partial charge < -0.3 is 5.32 Å². The number of anilines is 1. The number of hydrogen-bond donors (Lipinski definition) is 1. The smallest absolute Gasteiger partial charge is 0.182 e. The Hall–Kier alpha value is -1.03. The largest absolute Gasteiger partial charge is 0.383 e. The van der Waals surface area contributed by atoms with E-state index in [0.29, 0.717) is 11.4 Å². The molecular weight excluding hydrogens is 198 g/mol. The van der Waals surface area contributed by atoms with Gasteiger partial charge in [-0.25, -0.2) is 8.42 Å². The van der Waals surface area contributed by atoms with Crippen LogP contribution in [0.15, 0.2) is 17.0 Å². The van der Waals surface area contributed by atoms with Gasteiger partial charge in [0.05, 0.1) is 16.3 Å². The summed E-state index contributed by atoms with van der Waals surface area (Å²) >= 11 is 0. The van der Waals surface area contributed by atoms with Crippen molar-refractivity contribution in [3.05, 3.63) is 23.3 Å². The fraction of sp³-hybridized carbons (Fsp3) is 0.400. The lowest BCUT2D eigenvalue weighted by Gasteiger charge is -2.21. The third kappa shape index (κ3) is 1.30. The molecule has 14 heavy (non-hydrogen) atoms. The molecule has 1 aromatic rings. The number of rotatable bonds is 0. The molecule has 76 valence electrons. The summed E-state index contributed by atoms with van der Waals surface area (Å²) in [5.41, 5.74) is 2.61. The van der Waals surface area contributed by atoms with Crippen molar-refractivity contribution in [3.63, 3.8) is 0 Å². The summed E-state index contributed by atoms with van der Waals surface area (Å²) in [6, 6.07) is 3.81. The van der Waals surface area contributed by atoms with Crippen molar-refractivity contribution < 1.29 is 8.42 Å². The molecular formula is C10H13NO2S. The Labute approximate surface area is 84.1 Å². The van der Waals surface area contributed by atoms with E-state index in [9.17, 15) is 8.42 Å². The molecule has 0 fully saturated rings. The van der Waals surface area contributed by atoms with E-state index in [-0.39, 0.29) is 5.75 Å². The number of fused-ring (bicyclic) bond motifs is 1. The predicted octanol–water partition coefficient (Wildman–Crippen LogP) is 1.50. The highest BCUT2D eigenvalue weighted by Crippen LogP contribution is 2.31. The molecule has 0 bridgehead atoms. The van der Waals surface area contributed by atoms with Gasteiger partial charge in [0.15, 0.2) is 9.84 Å². The Morgan fingerprint density at radius 1 is 1.21 bits per heavy atom. The summed E-state index contributed by atoms with van der Waals surface area (Å²) < 4.78 is 23.6. The fourth-order valence-electron chi connectivity index (χ4n) is 1.82. The summed E-state index contributed by atoms with van der Waals surface area (Å²) in [7, 11) is -3.06. The highest BCUT2D eigenvalue weighted by molar-refractivity contribution is 7.91. The van der Waals surface area contributed by atoms with Gasteiger partial charge in [0.1, 0.15) is 0 Å². The molecule has 0 amide bonds. The maximum Gasteiger partial charge on any atom is 0.182 e. The Morgan fingerprint density at radius 2 is 1.86 bits per heavy atom. The van der Waals surface area contributed by atoms with Crippen LogP contribution in [0.1, 0.15) is 11.1 Å². The van der Waals surface area contributed by atoms with Crippen LogP contribution < -0.4 is 5.32 Å². The van der Waals surface area contributed by atoms with Crippen LogP contribution in [0, 0.1) is 13.8 Å². The molecule has 0 aliphatic carbocycles. The van der Waals surface area contributed by atoms with Crippen molar-refractivity contribution >= 4 is 15.5 Å². The zero-order valence-corrected chi connectivity index (χ0v) is 9.11. The van der Waals surface area contributed by atoms with Gasteiger partial charge in [-0.3, -0.25) is 0 Å². The first kappa shape index (κ1) is 9.52. The Bertz CT molecular complexity index is 477. The lowest BCUT2D eigenvalue weighted by Crippen LogP contribution is -2.24. The van der Waals surface area contributed by atoms with Gasteiger partial charge >= 0.3 is 0 Å². The molecule has 1 N–H and O–H groups in total. The molecule has 0 aromatic heterocycles. The van der Waals surface area contributed by atoms with E-state index in [1.54, 1.807) is 0 Å². The molecule has 3 nitrogen and oxygen atoms in total. The van der Waals surface area contributed by atoms with Gasteiger partial charge in [-0.05, 0) is 25.0 Å². The first-order valence-corrected chi connectivity index (χ1v) is 6.24. The highest BCUT2D eigenvalue weighted by Gasteiger charge is 2.26. The van der Waals surface area contributed by atoms with Crippen molar-refractivity contribution in [2.75, 3.05) is 17.6 Å². The third-order valence-corrected chi connectivity index (χ3v) is 4.44. The van der Waals surface area contributed by atoms with E-state index in [1.165, 1.54) is 0 Å². The summed E-state index contributed by atoms with van der Waals surface area (Å²) in [6.45, 7) is 4.27. The van der Waals surface area contributed by atoms with Crippen molar-refractivity contribution in [2.45, 2.75) is 18.7 Å². The predicted molar refractivity (Wildman–Crippen MR) is 56.5 cm³/mol. The molecule has 1 aromatic carbocycles. The zero-order chi connectivity index (χ0) is 10.3. The molecule has 2 rings (SSSR count). The normalized spacial score (nSPS) is 18.4. The van der Waals surface area contributed by atoms with Gasteiger partial charge in [0.2, 0.25) is 0 Å². The summed E-state index contributed by atoms with van der Waals surface area (Å²) in [5.74, 6) is 0.199. The minimum atomic E-state index is -3.06. The van der Waals surface area contributed by atoms with Crippen LogP contribution in [0.25, 0.3) is 0 Å². The molecule has 0 saturated heterocycles. The first-order valence-electron chi connectivity index (χ1n) is 4.59. The standard InChI is InChI=1S/C10H13NO2S/c1-7-3-4-8(2)10-9(7)11-5-6-14(10,12)13/h3-4,11H,5-6H2,1-2H3. The minimum absolute atomic E-state index is 0.199. The SMILES string of the molecule is Cc1ccc(C)c2c1NCCS2(=O)=O. The molecule has 1 aliphatic rings. The maximum absolute atomic E-state index is 11.8. The van der Waals surface area contributed by atoms with Crippen LogP contribution in [0.4, 0.5) is 5.69 Å². The lowest BCUT2D eigenvalue weighted by molar-refractivity contribution is 0.594. The van der Waals surface area contributed by atoms with Crippen molar-refractivity contribution in [3.8, 4) is 0 Å². The van der Waals surface area contributed by atoms with Crippen LogP contribution in [0.3, 0.4) is 0 Å². The van der Waals surface area contributed by atoms with Crippen LogP contribution in [0.2, 0.25) is 0 Å². The Morgan fingerprint density at radius 3 is 2.50 bits per heavy atom. The maximum atomic E-state index is 11.8. The second kappa shape index (κ2) is 2.98. The molecule has 0 spiro atoms. The molecule has 1 heterocycles. The minimum Gasteiger partial charge on any atom is -0.383 e. The zero-order valence-electron chi connectivity index (χ0n) is 8.29. The van der Waals surface area contributed by atoms with Crippen LogP contribution in [-0.4, -0.2) is 20.7 Å². The Kier molecular flexibility index (Phi) is 2.03. The van der Waals surface area contributed by atoms with E-state index in [0.717, 1.165) is 16.8 Å². The monoisotopic (exact) mass is 211 g/mol. The quantitative estimate of drug-likeness (QED) is 0.707. The van der Waals surface area contributed by atoms with Crippen LogP contribution in [-0.2, 0) is 9.84 Å². The summed E-state index contributed by atoms with van der Waals surface area (Å²) in [5, 5.41) is 3.15. The van der Waals surface area contributed by atoms with Gasteiger partial charge in [0, 0.05) is 6.54 Å². The molecule has 0 saturated carbocycles.